The predicted molar refractivity (Wildman–Crippen MR) is 130 cm³/mol. The zero-order valence-corrected chi connectivity index (χ0v) is 18.5. The number of nitrogens with two attached hydrogens (primary N) is 1. The molecule has 33 heavy (non-hydrogen) atoms. The van der Waals surface area contributed by atoms with E-state index in [-0.39, 0.29) is 11.9 Å². The molecule has 1 aliphatic heterocycles. The van der Waals surface area contributed by atoms with Crippen molar-refractivity contribution < 1.29 is 4.79 Å². The van der Waals surface area contributed by atoms with Crippen LogP contribution in [-0.4, -0.2) is 37.3 Å². The number of rotatable bonds is 4. The third kappa shape index (κ3) is 3.81. The Morgan fingerprint density at radius 2 is 2.09 bits per heavy atom. The van der Waals surface area contributed by atoms with Crippen molar-refractivity contribution in [3.8, 4) is 0 Å². The van der Waals surface area contributed by atoms with Crippen molar-refractivity contribution in [2.24, 2.45) is 0 Å². The fraction of sp³-hybridized carbons (Fsp3) is 0.167. The third-order valence-electron chi connectivity index (χ3n) is 5.86. The lowest BCUT2D eigenvalue weighted by molar-refractivity contribution is 0.102. The van der Waals surface area contributed by atoms with Crippen molar-refractivity contribution in [3.63, 3.8) is 0 Å². The molecule has 0 atom stereocenters. The van der Waals surface area contributed by atoms with Gasteiger partial charge in [-0.3, -0.25) is 20.0 Å². The Morgan fingerprint density at radius 3 is 3.03 bits per heavy atom. The maximum Gasteiger partial charge on any atom is 0.259 e. The first-order valence-electron chi connectivity index (χ1n) is 10.7. The van der Waals surface area contributed by atoms with Crippen molar-refractivity contribution in [1.29, 1.82) is 0 Å². The van der Waals surface area contributed by atoms with E-state index in [1.54, 1.807) is 12.1 Å². The molecule has 3 aromatic heterocycles. The molecule has 0 spiro atoms. The molecule has 0 fully saturated rings. The number of aromatic nitrogens is 4. The molecule has 4 heterocycles. The number of amides is 1. The maximum absolute atomic E-state index is 12.9. The van der Waals surface area contributed by atoms with Crippen LogP contribution in [0.1, 0.15) is 26.5 Å². The average Bonchev–Trinajstić information content (AvgIpc) is 3.40. The number of carbonyl (C=O) groups is 1. The minimum Gasteiger partial charge on any atom is -0.369 e. The summed E-state index contributed by atoms with van der Waals surface area (Å²) in [6.45, 7) is 2.56. The number of hydrogen-bond donors (Lipinski definition) is 3. The summed E-state index contributed by atoms with van der Waals surface area (Å²) in [6.07, 6.45) is 2.81. The maximum atomic E-state index is 12.9. The van der Waals surface area contributed by atoms with Crippen LogP contribution in [0.25, 0.3) is 21.9 Å². The quantitative estimate of drug-likeness (QED) is 0.378. The summed E-state index contributed by atoms with van der Waals surface area (Å²) >= 11 is 1.53. The van der Waals surface area contributed by atoms with E-state index >= 15 is 0 Å². The predicted octanol–water partition coefficient (Wildman–Crippen LogP) is 3.96. The molecule has 8 nitrogen and oxygen atoms in total. The summed E-state index contributed by atoms with van der Waals surface area (Å²) in [5.41, 5.74) is 10.8. The van der Waals surface area contributed by atoms with Crippen LogP contribution < -0.4 is 11.1 Å². The van der Waals surface area contributed by atoms with Crippen LogP contribution in [0, 0.1) is 0 Å². The second-order valence-corrected chi connectivity index (χ2v) is 9.25. The van der Waals surface area contributed by atoms with Gasteiger partial charge in [-0.15, -0.1) is 11.3 Å². The van der Waals surface area contributed by atoms with E-state index in [0.29, 0.717) is 16.2 Å². The SMILES string of the molecule is Nc1nc2c(C(=O)Nc3nc4c(s3)CN(Cc3cnc5ccccc5c3)CC4)cccc2[nH]1. The number of imidazole rings is 1. The number of fused-ring (bicyclic) bond motifs is 3. The van der Waals surface area contributed by atoms with Crippen LogP contribution >= 0.6 is 11.3 Å². The summed E-state index contributed by atoms with van der Waals surface area (Å²) in [5, 5.41) is 4.71. The van der Waals surface area contributed by atoms with Crippen molar-refractivity contribution in [2.75, 3.05) is 17.6 Å². The van der Waals surface area contributed by atoms with Gasteiger partial charge in [-0.1, -0.05) is 24.3 Å². The van der Waals surface area contributed by atoms with Gasteiger partial charge in [-0.2, -0.15) is 0 Å². The van der Waals surface area contributed by atoms with Gasteiger partial charge in [-0.05, 0) is 29.8 Å². The minimum absolute atomic E-state index is 0.239. The Morgan fingerprint density at radius 1 is 1.18 bits per heavy atom. The second kappa shape index (κ2) is 7.95. The Bertz CT molecular complexity index is 1510. The number of para-hydroxylation sites is 2. The van der Waals surface area contributed by atoms with Gasteiger partial charge in [-0.25, -0.2) is 9.97 Å². The van der Waals surface area contributed by atoms with Crippen LogP contribution in [0.3, 0.4) is 0 Å². The molecule has 4 N–H and O–H groups in total. The molecule has 1 amide bonds. The van der Waals surface area contributed by atoms with Crippen LogP contribution in [0.5, 0.6) is 0 Å². The lowest BCUT2D eigenvalue weighted by Crippen LogP contribution is -2.29. The molecular weight excluding hydrogens is 434 g/mol. The van der Waals surface area contributed by atoms with E-state index in [1.165, 1.54) is 21.8 Å². The molecular formula is C24H21N7OS. The smallest absolute Gasteiger partial charge is 0.259 e. The lowest BCUT2D eigenvalue weighted by Gasteiger charge is -2.25. The van der Waals surface area contributed by atoms with Gasteiger partial charge in [0.1, 0.15) is 5.52 Å². The normalized spacial score (nSPS) is 13.9. The van der Waals surface area contributed by atoms with Gasteiger partial charge in [0.05, 0.1) is 22.3 Å². The highest BCUT2D eigenvalue weighted by molar-refractivity contribution is 7.15. The number of carbonyl (C=O) groups excluding carboxylic acids is 1. The lowest BCUT2D eigenvalue weighted by atomic mass is 10.1. The monoisotopic (exact) mass is 455 g/mol. The molecule has 5 aromatic rings. The molecule has 6 rings (SSSR count). The highest BCUT2D eigenvalue weighted by Crippen LogP contribution is 2.30. The molecule has 2 aromatic carbocycles. The van der Waals surface area contributed by atoms with Gasteiger partial charge in [0.15, 0.2) is 11.1 Å². The van der Waals surface area contributed by atoms with E-state index in [9.17, 15) is 4.79 Å². The molecule has 0 unspecified atom stereocenters. The van der Waals surface area contributed by atoms with Gasteiger partial charge in [0, 0.05) is 42.5 Å². The van der Waals surface area contributed by atoms with Crippen molar-refractivity contribution >= 4 is 50.3 Å². The Balaban J connectivity index is 1.17. The number of benzene rings is 2. The largest absolute Gasteiger partial charge is 0.369 e. The van der Waals surface area contributed by atoms with Gasteiger partial charge < -0.3 is 10.7 Å². The van der Waals surface area contributed by atoms with E-state index < -0.39 is 0 Å². The van der Waals surface area contributed by atoms with Crippen molar-refractivity contribution in [3.05, 3.63) is 76.4 Å². The second-order valence-electron chi connectivity index (χ2n) is 8.16. The molecule has 0 saturated heterocycles. The number of nitrogens with one attached hydrogen (secondary N) is 2. The third-order valence-corrected chi connectivity index (χ3v) is 6.86. The first kappa shape index (κ1) is 19.8. The molecule has 1 aliphatic rings. The molecule has 0 bridgehead atoms. The van der Waals surface area contributed by atoms with E-state index in [4.69, 9.17) is 5.73 Å². The fourth-order valence-electron chi connectivity index (χ4n) is 4.30. The standard InChI is InChI=1S/C24H21N7OS/c25-23-27-19-7-3-5-16(21(19)29-23)22(32)30-24-28-18-8-9-31(13-20(18)33-24)12-14-10-15-4-1-2-6-17(15)26-11-14/h1-7,10-11H,8-9,12-13H2,(H3,25,27,29)(H,28,30,32). The van der Waals surface area contributed by atoms with Gasteiger partial charge >= 0.3 is 0 Å². The number of thiazole rings is 1. The van der Waals surface area contributed by atoms with Crippen LogP contribution in [0.15, 0.2) is 54.7 Å². The Labute approximate surface area is 193 Å². The number of pyridine rings is 1. The number of hydrogen-bond acceptors (Lipinski definition) is 7. The Kier molecular flexibility index (Phi) is 4.78. The first-order chi connectivity index (χ1) is 16.1. The average molecular weight is 456 g/mol. The topological polar surface area (TPSA) is 113 Å². The molecule has 164 valence electrons. The number of H-pyrrole nitrogens is 1. The fourth-order valence-corrected chi connectivity index (χ4v) is 5.34. The highest BCUT2D eigenvalue weighted by atomic mass is 32.1. The zero-order valence-electron chi connectivity index (χ0n) is 17.7. The molecule has 0 aliphatic carbocycles. The van der Waals surface area contributed by atoms with Gasteiger partial charge in [0.2, 0.25) is 0 Å². The number of anilines is 2. The summed E-state index contributed by atoms with van der Waals surface area (Å²) in [7, 11) is 0. The molecule has 0 saturated carbocycles. The van der Waals surface area contributed by atoms with Crippen LogP contribution in [0.4, 0.5) is 11.1 Å². The van der Waals surface area contributed by atoms with E-state index in [2.05, 4.69) is 42.3 Å². The summed E-state index contributed by atoms with van der Waals surface area (Å²) in [5.74, 6) is 0.0500. The highest BCUT2D eigenvalue weighted by Gasteiger charge is 2.22. The number of nitrogens with zero attached hydrogens (tertiary/aromatic N) is 4. The van der Waals surface area contributed by atoms with Crippen LogP contribution in [-0.2, 0) is 19.5 Å². The summed E-state index contributed by atoms with van der Waals surface area (Å²) in [4.78, 5) is 32.9. The van der Waals surface area contributed by atoms with E-state index in [1.807, 2.05) is 30.5 Å². The van der Waals surface area contributed by atoms with E-state index in [0.717, 1.165) is 48.2 Å². The van der Waals surface area contributed by atoms with Crippen LogP contribution in [0.2, 0.25) is 0 Å². The molecule has 0 radical (unpaired) electrons. The number of aromatic amines is 1. The zero-order chi connectivity index (χ0) is 22.4. The Hall–Kier alpha value is -3.82. The first-order valence-corrected chi connectivity index (χ1v) is 11.5. The van der Waals surface area contributed by atoms with Gasteiger partial charge in [0.25, 0.3) is 5.91 Å². The number of nitrogen functional groups attached to an aromatic ring is 1. The van der Waals surface area contributed by atoms with Crippen molar-refractivity contribution in [2.45, 2.75) is 19.5 Å². The summed E-state index contributed by atoms with van der Waals surface area (Å²) in [6, 6.07) is 15.8. The molecule has 9 heteroatoms. The van der Waals surface area contributed by atoms with Crippen molar-refractivity contribution in [1.82, 2.24) is 24.8 Å². The summed E-state index contributed by atoms with van der Waals surface area (Å²) < 4.78 is 0. The minimum atomic E-state index is -0.239.